The van der Waals surface area contributed by atoms with Crippen molar-refractivity contribution in [2.24, 2.45) is 0 Å². The van der Waals surface area contributed by atoms with Gasteiger partial charge in [0.05, 0.1) is 6.20 Å². The summed E-state index contributed by atoms with van der Waals surface area (Å²) in [7, 11) is 2.15. The lowest BCUT2D eigenvalue weighted by atomic mass is 10.1. The fourth-order valence-corrected chi connectivity index (χ4v) is 3.46. The van der Waals surface area contributed by atoms with E-state index in [1.807, 2.05) is 48.6 Å². The Bertz CT molecular complexity index is 992. The second-order valence-corrected chi connectivity index (χ2v) is 6.99. The van der Waals surface area contributed by atoms with Crippen molar-refractivity contribution in [3.8, 4) is 6.07 Å². The molecule has 2 aromatic heterocycles. The van der Waals surface area contributed by atoms with Crippen molar-refractivity contribution in [1.82, 2.24) is 9.88 Å². The SMILES string of the molecule is CN1CCC(Nc2cc3c(/C=C/c4ccccc4)c(C#N)oc3cn2)CC1. The number of anilines is 1. The van der Waals surface area contributed by atoms with Crippen LogP contribution in [-0.2, 0) is 0 Å². The van der Waals surface area contributed by atoms with E-state index >= 15 is 0 Å². The van der Waals surface area contributed by atoms with Crippen molar-refractivity contribution in [2.45, 2.75) is 18.9 Å². The van der Waals surface area contributed by atoms with Crippen LogP contribution in [0, 0.1) is 11.3 Å². The van der Waals surface area contributed by atoms with Crippen LogP contribution in [0.4, 0.5) is 5.82 Å². The minimum absolute atomic E-state index is 0.315. The van der Waals surface area contributed by atoms with Gasteiger partial charge in [0.1, 0.15) is 11.9 Å². The van der Waals surface area contributed by atoms with Crippen LogP contribution < -0.4 is 5.32 Å². The molecule has 0 atom stereocenters. The molecule has 1 fully saturated rings. The normalized spacial score (nSPS) is 16.0. The zero-order chi connectivity index (χ0) is 18.6. The topological polar surface area (TPSA) is 65.1 Å². The van der Waals surface area contributed by atoms with Crippen LogP contribution in [0.5, 0.6) is 0 Å². The van der Waals surface area contributed by atoms with E-state index in [0.717, 1.165) is 48.3 Å². The molecule has 5 heteroatoms. The molecule has 0 radical (unpaired) electrons. The number of aromatic nitrogens is 1. The molecule has 1 saturated heterocycles. The number of piperidine rings is 1. The number of fused-ring (bicyclic) bond motifs is 1. The maximum atomic E-state index is 9.45. The molecular formula is C22H22N4O. The van der Waals surface area contributed by atoms with E-state index in [4.69, 9.17) is 4.42 Å². The first-order valence-corrected chi connectivity index (χ1v) is 9.24. The molecular weight excluding hydrogens is 336 g/mol. The van der Waals surface area contributed by atoms with E-state index in [0.29, 0.717) is 17.4 Å². The zero-order valence-electron chi connectivity index (χ0n) is 15.4. The van der Waals surface area contributed by atoms with Gasteiger partial charge in [0.2, 0.25) is 5.76 Å². The Morgan fingerprint density at radius 2 is 2.00 bits per heavy atom. The van der Waals surface area contributed by atoms with E-state index in [-0.39, 0.29) is 0 Å². The van der Waals surface area contributed by atoms with Crippen LogP contribution in [0.2, 0.25) is 0 Å². The summed E-state index contributed by atoms with van der Waals surface area (Å²) in [6.07, 6.45) is 7.85. The van der Waals surface area contributed by atoms with Crippen LogP contribution >= 0.6 is 0 Å². The third-order valence-corrected chi connectivity index (χ3v) is 5.03. The number of hydrogen-bond donors (Lipinski definition) is 1. The lowest BCUT2D eigenvalue weighted by Crippen LogP contribution is -2.36. The van der Waals surface area contributed by atoms with Gasteiger partial charge in [-0.3, -0.25) is 0 Å². The van der Waals surface area contributed by atoms with Crippen LogP contribution in [-0.4, -0.2) is 36.1 Å². The highest BCUT2D eigenvalue weighted by Gasteiger charge is 2.18. The van der Waals surface area contributed by atoms with Gasteiger partial charge in [0.15, 0.2) is 5.58 Å². The van der Waals surface area contributed by atoms with Gasteiger partial charge in [0.25, 0.3) is 0 Å². The third kappa shape index (κ3) is 3.86. The van der Waals surface area contributed by atoms with Crippen molar-refractivity contribution in [3.05, 3.63) is 59.5 Å². The molecule has 1 aliphatic rings. The van der Waals surface area contributed by atoms with Gasteiger partial charge in [0, 0.05) is 17.0 Å². The summed E-state index contributed by atoms with van der Waals surface area (Å²) >= 11 is 0. The quantitative estimate of drug-likeness (QED) is 0.750. The molecule has 27 heavy (non-hydrogen) atoms. The molecule has 0 saturated carbocycles. The van der Waals surface area contributed by atoms with E-state index in [1.165, 1.54) is 0 Å². The Hall–Kier alpha value is -3.10. The maximum Gasteiger partial charge on any atom is 0.212 e. The third-order valence-electron chi connectivity index (χ3n) is 5.03. The summed E-state index contributed by atoms with van der Waals surface area (Å²) in [5, 5.41) is 13.9. The number of furan rings is 1. The highest BCUT2D eigenvalue weighted by atomic mass is 16.3. The summed E-state index contributed by atoms with van der Waals surface area (Å²) in [6, 6.07) is 14.6. The summed E-state index contributed by atoms with van der Waals surface area (Å²) in [5.41, 5.74) is 2.51. The summed E-state index contributed by atoms with van der Waals surface area (Å²) in [5.74, 6) is 1.15. The molecule has 0 unspecified atom stereocenters. The van der Waals surface area contributed by atoms with Crippen molar-refractivity contribution < 1.29 is 4.42 Å². The second kappa shape index (κ2) is 7.65. The average molecular weight is 358 g/mol. The van der Waals surface area contributed by atoms with Crippen molar-refractivity contribution >= 4 is 28.9 Å². The Labute approximate surface area is 158 Å². The molecule has 0 amide bonds. The number of pyridine rings is 1. The lowest BCUT2D eigenvalue weighted by molar-refractivity contribution is 0.263. The van der Waals surface area contributed by atoms with Gasteiger partial charge in [-0.1, -0.05) is 36.4 Å². The minimum atomic E-state index is 0.315. The first-order chi connectivity index (χ1) is 13.2. The molecule has 0 aliphatic carbocycles. The Morgan fingerprint density at radius 1 is 1.22 bits per heavy atom. The predicted octanol–water partition coefficient (Wildman–Crippen LogP) is 4.38. The fraction of sp³-hybridized carbons (Fsp3) is 0.273. The van der Waals surface area contributed by atoms with E-state index < -0.39 is 0 Å². The van der Waals surface area contributed by atoms with Gasteiger partial charge in [-0.15, -0.1) is 0 Å². The number of hydrogen-bond acceptors (Lipinski definition) is 5. The number of likely N-dealkylation sites (tertiary alicyclic amines) is 1. The molecule has 1 aromatic carbocycles. The van der Waals surface area contributed by atoms with Crippen molar-refractivity contribution in [3.63, 3.8) is 0 Å². The molecule has 1 N–H and O–H groups in total. The Kier molecular flexibility index (Phi) is 4.91. The van der Waals surface area contributed by atoms with Crippen LogP contribution in [0.3, 0.4) is 0 Å². The van der Waals surface area contributed by atoms with Gasteiger partial charge in [-0.2, -0.15) is 5.26 Å². The van der Waals surface area contributed by atoms with Gasteiger partial charge >= 0.3 is 0 Å². The largest absolute Gasteiger partial charge is 0.443 e. The Balaban J connectivity index is 1.64. The first-order valence-electron chi connectivity index (χ1n) is 9.24. The molecule has 0 spiro atoms. The standard InChI is InChI=1S/C22H22N4O/c1-26-11-9-17(10-12-26)25-22-13-19-18(8-7-16-5-3-2-4-6-16)20(14-23)27-21(19)15-24-22/h2-8,13,15,17H,9-12H2,1H3,(H,24,25)/b8-7+. The van der Waals surface area contributed by atoms with Crippen LogP contribution in [0.15, 0.2) is 47.0 Å². The number of rotatable bonds is 4. The maximum absolute atomic E-state index is 9.45. The lowest BCUT2D eigenvalue weighted by Gasteiger charge is -2.29. The summed E-state index contributed by atoms with van der Waals surface area (Å²) in [4.78, 5) is 6.82. The van der Waals surface area contributed by atoms with Gasteiger partial charge < -0.3 is 14.6 Å². The monoisotopic (exact) mass is 358 g/mol. The highest BCUT2D eigenvalue weighted by molar-refractivity contribution is 5.93. The summed E-state index contributed by atoms with van der Waals surface area (Å²) in [6.45, 7) is 2.19. The molecule has 0 bridgehead atoms. The van der Waals surface area contributed by atoms with Crippen molar-refractivity contribution in [1.29, 1.82) is 5.26 Å². The molecule has 1 aliphatic heterocycles. The molecule has 136 valence electrons. The molecule has 3 heterocycles. The minimum Gasteiger partial charge on any atom is -0.443 e. The molecule has 5 nitrogen and oxygen atoms in total. The van der Waals surface area contributed by atoms with E-state index in [2.05, 4.69) is 28.3 Å². The average Bonchev–Trinajstić information content (AvgIpc) is 3.06. The molecule has 3 aromatic rings. The Morgan fingerprint density at radius 3 is 2.74 bits per heavy atom. The number of nitriles is 1. The highest BCUT2D eigenvalue weighted by Crippen LogP contribution is 2.29. The number of nitrogens with one attached hydrogen (secondary N) is 1. The summed E-state index contributed by atoms with van der Waals surface area (Å²) < 4.78 is 5.69. The van der Waals surface area contributed by atoms with Crippen LogP contribution in [0.25, 0.3) is 23.1 Å². The van der Waals surface area contributed by atoms with Gasteiger partial charge in [-0.25, -0.2) is 4.98 Å². The van der Waals surface area contributed by atoms with Gasteiger partial charge in [-0.05, 0) is 50.7 Å². The van der Waals surface area contributed by atoms with Crippen molar-refractivity contribution in [2.75, 3.05) is 25.5 Å². The van der Waals surface area contributed by atoms with Crippen LogP contribution in [0.1, 0.15) is 29.7 Å². The van der Waals surface area contributed by atoms with E-state index in [9.17, 15) is 5.26 Å². The number of benzene rings is 1. The predicted molar refractivity (Wildman–Crippen MR) is 108 cm³/mol. The zero-order valence-corrected chi connectivity index (χ0v) is 15.4. The smallest absolute Gasteiger partial charge is 0.212 e. The first kappa shape index (κ1) is 17.3. The second-order valence-electron chi connectivity index (χ2n) is 6.99. The number of nitrogens with zero attached hydrogens (tertiary/aromatic N) is 3. The fourth-order valence-electron chi connectivity index (χ4n) is 3.46. The molecule has 4 rings (SSSR count). The van der Waals surface area contributed by atoms with E-state index in [1.54, 1.807) is 6.20 Å².